The van der Waals surface area contributed by atoms with Crippen molar-refractivity contribution in [3.63, 3.8) is 0 Å². The first-order valence-electron chi connectivity index (χ1n) is 6.98. The fraction of sp³-hybridized carbons (Fsp3) is 0.200. The van der Waals surface area contributed by atoms with Gasteiger partial charge in [-0.25, -0.2) is 0 Å². The van der Waals surface area contributed by atoms with Gasteiger partial charge in [0.2, 0.25) is 11.7 Å². The summed E-state index contributed by atoms with van der Waals surface area (Å²) in [4.78, 5) is 14.4. The van der Waals surface area contributed by atoms with E-state index in [9.17, 15) is 4.79 Å². The number of halogens is 1. The Morgan fingerprint density at radius 1 is 1.39 bits per heavy atom. The van der Waals surface area contributed by atoms with Gasteiger partial charge in [0.1, 0.15) is 6.54 Å². The Balaban J connectivity index is 1.63. The highest BCUT2D eigenvalue weighted by atomic mass is 35.5. The molecule has 8 heteroatoms. The van der Waals surface area contributed by atoms with E-state index in [1.165, 1.54) is 4.80 Å². The predicted molar refractivity (Wildman–Crippen MR) is 89.1 cm³/mol. The van der Waals surface area contributed by atoms with Gasteiger partial charge >= 0.3 is 0 Å². The normalized spacial score (nSPS) is 12.1. The number of benzene rings is 1. The highest BCUT2D eigenvalue weighted by Gasteiger charge is 2.13. The second kappa shape index (κ2) is 6.89. The first-order chi connectivity index (χ1) is 11.1. The zero-order valence-corrected chi connectivity index (χ0v) is 13.9. The van der Waals surface area contributed by atoms with Crippen LogP contribution in [0.1, 0.15) is 17.8 Å². The first-order valence-corrected chi connectivity index (χ1v) is 8.24. The Labute approximate surface area is 142 Å². The molecule has 3 aromatic rings. The summed E-state index contributed by atoms with van der Waals surface area (Å²) in [7, 11) is 0. The van der Waals surface area contributed by atoms with Gasteiger partial charge in [-0.2, -0.15) is 4.80 Å². The second-order valence-electron chi connectivity index (χ2n) is 4.96. The van der Waals surface area contributed by atoms with Crippen molar-refractivity contribution in [2.24, 2.45) is 0 Å². The molecule has 0 saturated carbocycles. The van der Waals surface area contributed by atoms with E-state index < -0.39 is 0 Å². The summed E-state index contributed by atoms with van der Waals surface area (Å²) in [6.45, 7) is 1.96. The fourth-order valence-corrected chi connectivity index (χ4v) is 3.00. The molecule has 3 rings (SSSR count). The van der Waals surface area contributed by atoms with Crippen molar-refractivity contribution in [3.8, 4) is 11.4 Å². The van der Waals surface area contributed by atoms with Gasteiger partial charge in [-0.3, -0.25) is 4.79 Å². The summed E-state index contributed by atoms with van der Waals surface area (Å²) in [6.07, 6.45) is 0. The maximum atomic E-state index is 12.1. The van der Waals surface area contributed by atoms with Crippen molar-refractivity contribution < 1.29 is 4.79 Å². The van der Waals surface area contributed by atoms with E-state index in [2.05, 4.69) is 20.7 Å². The lowest BCUT2D eigenvalue weighted by molar-refractivity contribution is -0.122. The number of hydrogen-bond donors (Lipinski definition) is 1. The number of tetrazole rings is 1. The summed E-state index contributed by atoms with van der Waals surface area (Å²) >= 11 is 7.55. The van der Waals surface area contributed by atoms with Gasteiger partial charge in [-0.15, -0.1) is 21.5 Å². The minimum atomic E-state index is -0.166. The van der Waals surface area contributed by atoms with Crippen LogP contribution in [0, 0.1) is 0 Å². The van der Waals surface area contributed by atoms with Gasteiger partial charge in [0, 0.05) is 15.5 Å². The fourth-order valence-electron chi connectivity index (χ4n) is 2.08. The number of nitrogens with zero attached hydrogens (tertiary/aromatic N) is 4. The first kappa shape index (κ1) is 15.6. The Bertz CT molecular complexity index is 802. The number of nitrogens with one attached hydrogen (secondary N) is 1. The number of rotatable bonds is 5. The SMILES string of the molecule is CC(NC(=O)Cn1nnc(-c2cccc(Cl)c2)n1)c1cccs1. The van der Waals surface area contributed by atoms with Gasteiger partial charge in [-0.05, 0) is 35.7 Å². The van der Waals surface area contributed by atoms with Gasteiger partial charge in [-0.1, -0.05) is 29.8 Å². The quantitative estimate of drug-likeness (QED) is 0.770. The molecule has 0 saturated heterocycles. The molecule has 2 heterocycles. The molecule has 6 nitrogen and oxygen atoms in total. The van der Waals surface area contributed by atoms with Gasteiger partial charge < -0.3 is 5.32 Å². The van der Waals surface area contributed by atoms with E-state index in [1.54, 1.807) is 23.5 Å². The van der Waals surface area contributed by atoms with Crippen LogP contribution in [0.4, 0.5) is 0 Å². The zero-order chi connectivity index (χ0) is 16.2. The molecule has 0 spiro atoms. The Kier molecular flexibility index (Phi) is 4.68. The lowest BCUT2D eigenvalue weighted by atomic mass is 10.2. The molecule has 1 amide bonds. The van der Waals surface area contributed by atoms with Crippen molar-refractivity contribution >= 4 is 28.8 Å². The van der Waals surface area contributed by atoms with Gasteiger partial charge in [0.05, 0.1) is 6.04 Å². The van der Waals surface area contributed by atoms with E-state index in [0.717, 1.165) is 10.4 Å². The molecule has 23 heavy (non-hydrogen) atoms. The minimum Gasteiger partial charge on any atom is -0.347 e. The van der Waals surface area contributed by atoms with Crippen molar-refractivity contribution in [2.75, 3.05) is 0 Å². The number of amides is 1. The largest absolute Gasteiger partial charge is 0.347 e. The van der Waals surface area contributed by atoms with Crippen LogP contribution in [0.5, 0.6) is 0 Å². The highest BCUT2D eigenvalue weighted by molar-refractivity contribution is 7.10. The van der Waals surface area contributed by atoms with Gasteiger partial charge in [0.25, 0.3) is 0 Å². The molecule has 1 atom stereocenters. The van der Waals surface area contributed by atoms with Crippen molar-refractivity contribution in [1.29, 1.82) is 0 Å². The molecule has 2 aromatic heterocycles. The number of carbonyl (C=O) groups is 1. The molecule has 1 unspecified atom stereocenters. The molecule has 0 bridgehead atoms. The third kappa shape index (κ3) is 3.94. The van der Waals surface area contributed by atoms with Crippen LogP contribution in [-0.2, 0) is 11.3 Å². The van der Waals surface area contributed by atoms with Crippen molar-refractivity contribution in [3.05, 3.63) is 51.7 Å². The number of thiophene rings is 1. The molecule has 0 aliphatic heterocycles. The smallest absolute Gasteiger partial charge is 0.244 e. The molecule has 0 fully saturated rings. The Morgan fingerprint density at radius 2 is 2.26 bits per heavy atom. The summed E-state index contributed by atoms with van der Waals surface area (Å²) in [6, 6.07) is 11.1. The second-order valence-corrected chi connectivity index (χ2v) is 6.37. The summed E-state index contributed by atoms with van der Waals surface area (Å²) < 4.78 is 0. The van der Waals surface area contributed by atoms with Crippen LogP contribution in [-0.4, -0.2) is 26.1 Å². The number of hydrogen-bond acceptors (Lipinski definition) is 5. The monoisotopic (exact) mass is 347 g/mol. The molecule has 0 aliphatic rings. The average Bonchev–Trinajstić information content (AvgIpc) is 3.18. The summed E-state index contributed by atoms with van der Waals surface area (Å²) in [5, 5.41) is 17.6. The third-order valence-electron chi connectivity index (χ3n) is 3.17. The molecule has 1 aromatic carbocycles. The summed E-state index contributed by atoms with van der Waals surface area (Å²) in [5.41, 5.74) is 0.760. The highest BCUT2D eigenvalue weighted by Crippen LogP contribution is 2.19. The van der Waals surface area contributed by atoms with Crippen LogP contribution >= 0.6 is 22.9 Å². The molecular formula is C15H14ClN5OS. The number of carbonyl (C=O) groups excluding carboxylic acids is 1. The lowest BCUT2D eigenvalue weighted by Gasteiger charge is -2.11. The van der Waals surface area contributed by atoms with Crippen LogP contribution in [0.15, 0.2) is 41.8 Å². The standard InChI is InChI=1S/C15H14ClN5OS/c1-10(13-6-3-7-23-13)17-14(22)9-21-19-15(18-20-21)11-4-2-5-12(16)8-11/h2-8,10H,9H2,1H3,(H,17,22). The topological polar surface area (TPSA) is 72.7 Å². The van der Waals surface area contributed by atoms with Crippen LogP contribution < -0.4 is 5.32 Å². The van der Waals surface area contributed by atoms with E-state index in [1.807, 2.05) is 36.6 Å². The Morgan fingerprint density at radius 3 is 3.00 bits per heavy atom. The number of aromatic nitrogens is 4. The zero-order valence-electron chi connectivity index (χ0n) is 12.3. The molecule has 1 N–H and O–H groups in total. The Hall–Kier alpha value is -2.25. The van der Waals surface area contributed by atoms with Crippen LogP contribution in [0.3, 0.4) is 0 Å². The predicted octanol–water partition coefficient (Wildman–Crippen LogP) is 2.93. The van der Waals surface area contributed by atoms with Crippen LogP contribution in [0.2, 0.25) is 5.02 Å². The van der Waals surface area contributed by atoms with Crippen molar-refractivity contribution in [2.45, 2.75) is 19.5 Å². The van der Waals surface area contributed by atoms with Crippen LogP contribution in [0.25, 0.3) is 11.4 Å². The van der Waals surface area contributed by atoms with Crippen molar-refractivity contribution in [1.82, 2.24) is 25.5 Å². The molecular weight excluding hydrogens is 334 g/mol. The van der Waals surface area contributed by atoms with E-state index >= 15 is 0 Å². The van der Waals surface area contributed by atoms with E-state index in [0.29, 0.717) is 10.8 Å². The third-order valence-corrected chi connectivity index (χ3v) is 4.46. The minimum absolute atomic E-state index is 0.0171. The van der Waals surface area contributed by atoms with E-state index in [4.69, 9.17) is 11.6 Å². The maximum absolute atomic E-state index is 12.1. The molecule has 0 radical (unpaired) electrons. The van der Waals surface area contributed by atoms with E-state index in [-0.39, 0.29) is 18.5 Å². The summed E-state index contributed by atoms with van der Waals surface area (Å²) in [5.74, 6) is 0.271. The molecule has 0 aliphatic carbocycles. The molecule has 118 valence electrons. The lowest BCUT2D eigenvalue weighted by Crippen LogP contribution is -2.30. The van der Waals surface area contributed by atoms with Gasteiger partial charge in [0.15, 0.2) is 0 Å². The average molecular weight is 348 g/mol. The maximum Gasteiger partial charge on any atom is 0.244 e.